The molecule has 15 heteroatoms. The number of fused-ring (bicyclic) bond motifs is 1. The first-order chi connectivity index (χ1) is 14.7. The van der Waals surface area contributed by atoms with Crippen molar-refractivity contribution < 1.29 is 26.4 Å². The second kappa shape index (κ2) is 8.69. The lowest BCUT2D eigenvalue weighted by molar-refractivity contribution is -0.121. The molecule has 0 radical (unpaired) electrons. The number of hydrogen-bond acceptors (Lipinski definition) is 7. The summed E-state index contributed by atoms with van der Waals surface area (Å²) in [6.07, 6.45) is -1.37. The van der Waals surface area contributed by atoms with Crippen molar-refractivity contribution in [2.45, 2.75) is 19.7 Å². The second-order valence-corrected chi connectivity index (χ2v) is 12.3. The number of sulfonamides is 2. The molecular weight excluding hydrogens is 527 g/mol. The predicted octanol–water partition coefficient (Wildman–Crippen LogP) is 1.40. The molecule has 4 N–H and O–H groups in total. The van der Waals surface area contributed by atoms with Gasteiger partial charge in [0.15, 0.2) is 0 Å². The zero-order valence-corrected chi connectivity index (χ0v) is 19.7. The van der Waals surface area contributed by atoms with Crippen molar-refractivity contribution in [1.82, 2.24) is 9.62 Å². The van der Waals surface area contributed by atoms with Crippen molar-refractivity contribution in [3.8, 4) is 0 Å². The van der Waals surface area contributed by atoms with Crippen LogP contribution < -0.4 is 15.8 Å². The maximum atomic E-state index is 12.6. The van der Waals surface area contributed by atoms with Crippen LogP contribution in [0.1, 0.15) is 10.4 Å². The van der Waals surface area contributed by atoms with Gasteiger partial charge in [0.05, 0.1) is 10.5 Å². The number of anilines is 1. The van der Waals surface area contributed by atoms with Crippen LogP contribution in [0.2, 0.25) is 0 Å². The van der Waals surface area contributed by atoms with Crippen LogP contribution in [0.3, 0.4) is 0 Å². The van der Waals surface area contributed by atoms with Crippen LogP contribution >= 0.6 is 34.8 Å². The largest absolute Gasteiger partial charge is 0.362 e. The van der Waals surface area contributed by atoms with Crippen molar-refractivity contribution in [3.05, 3.63) is 54.1 Å². The average Bonchev–Trinajstić information content (AvgIpc) is 2.87. The number of rotatable bonds is 6. The van der Waals surface area contributed by atoms with Crippen molar-refractivity contribution in [3.63, 3.8) is 0 Å². The van der Waals surface area contributed by atoms with E-state index < -0.39 is 48.4 Å². The van der Waals surface area contributed by atoms with E-state index in [4.69, 9.17) is 39.9 Å². The molecule has 0 aliphatic carbocycles. The van der Waals surface area contributed by atoms with Gasteiger partial charge in [0, 0.05) is 5.69 Å². The van der Waals surface area contributed by atoms with Crippen LogP contribution in [0, 0.1) is 0 Å². The van der Waals surface area contributed by atoms with Gasteiger partial charge in [-0.05, 0) is 36.4 Å². The quantitative estimate of drug-likeness (QED) is 0.369. The Hall–Kier alpha value is -2.09. The van der Waals surface area contributed by atoms with E-state index in [0.717, 1.165) is 0 Å². The summed E-state index contributed by atoms with van der Waals surface area (Å²) < 4.78 is 46.2. The van der Waals surface area contributed by atoms with Gasteiger partial charge in [-0.3, -0.25) is 9.59 Å². The molecule has 1 aliphatic heterocycles. The molecule has 2 aromatic carbocycles. The van der Waals surface area contributed by atoms with Gasteiger partial charge in [-0.2, -0.15) is 0 Å². The van der Waals surface area contributed by atoms with Crippen molar-refractivity contribution >= 4 is 72.4 Å². The number of primary sulfonamides is 1. The van der Waals surface area contributed by atoms with Crippen molar-refractivity contribution in [1.29, 1.82) is 0 Å². The number of alkyl halides is 3. The van der Waals surface area contributed by atoms with E-state index in [1.54, 1.807) is 0 Å². The van der Waals surface area contributed by atoms with E-state index in [0.29, 0.717) is 4.31 Å². The maximum absolute atomic E-state index is 12.6. The minimum absolute atomic E-state index is 0.0497. The molecule has 0 fully saturated rings. The fraction of sp³-hybridized carbons (Fsp3) is 0.176. The Balaban J connectivity index is 1.76. The van der Waals surface area contributed by atoms with E-state index in [9.17, 15) is 26.4 Å². The molecular formula is C17H15Cl3N4O6S2. The number of nitrogens with zero attached hydrogens (tertiary/aromatic N) is 1. The Morgan fingerprint density at radius 3 is 2.22 bits per heavy atom. The molecule has 0 spiro atoms. The first-order valence-electron chi connectivity index (χ1n) is 8.63. The first kappa shape index (κ1) is 24.6. The average molecular weight is 542 g/mol. The molecule has 10 nitrogen and oxygen atoms in total. The second-order valence-electron chi connectivity index (χ2n) is 6.57. The highest BCUT2D eigenvalue weighted by Gasteiger charge is 2.42. The Morgan fingerprint density at radius 1 is 1.09 bits per heavy atom. The molecule has 1 aliphatic rings. The monoisotopic (exact) mass is 540 g/mol. The Morgan fingerprint density at radius 2 is 1.69 bits per heavy atom. The smallest absolute Gasteiger partial charge is 0.269 e. The highest BCUT2D eigenvalue weighted by Crippen LogP contribution is 2.32. The molecule has 2 aromatic rings. The van der Waals surface area contributed by atoms with Crippen LogP contribution in [0.4, 0.5) is 5.69 Å². The molecule has 32 heavy (non-hydrogen) atoms. The summed E-state index contributed by atoms with van der Waals surface area (Å²) in [5.41, 5.74) is 0.206. The normalized spacial score (nSPS) is 16.4. The molecule has 1 unspecified atom stereocenters. The number of halogens is 3. The standard InChI is InChI=1S/C17H15Cl3N4O6S2/c18-17(19,20)16(22-10-5-7-11(8-6-10)31(21,27)28)23-14(25)9-24-15(26)12-3-1-2-4-13(12)32(24,29)30/h1-8,16,22H,9H2,(H,23,25)(H2,21,27,28). The minimum Gasteiger partial charge on any atom is -0.362 e. The van der Waals surface area contributed by atoms with Crippen LogP contribution in [-0.2, 0) is 24.8 Å². The number of hydrogen-bond donors (Lipinski definition) is 3. The number of carbonyl (C=O) groups excluding carboxylic acids is 2. The predicted molar refractivity (Wildman–Crippen MR) is 118 cm³/mol. The molecule has 2 amide bonds. The van der Waals surface area contributed by atoms with Crippen molar-refractivity contribution in [2.24, 2.45) is 5.14 Å². The summed E-state index contributed by atoms with van der Waals surface area (Å²) in [5, 5.41) is 10.0. The number of carbonyl (C=O) groups is 2. The van der Waals surface area contributed by atoms with E-state index in [2.05, 4.69) is 10.6 Å². The van der Waals surface area contributed by atoms with Gasteiger partial charge in [-0.15, -0.1) is 0 Å². The number of amides is 2. The zero-order chi connectivity index (χ0) is 23.9. The van der Waals surface area contributed by atoms with E-state index in [1.165, 1.54) is 48.5 Å². The van der Waals surface area contributed by atoms with E-state index in [1.807, 2.05) is 0 Å². The van der Waals surface area contributed by atoms with Crippen LogP contribution in [0.25, 0.3) is 0 Å². The third kappa shape index (κ3) is 5.11. The minimum atomic E-state index is -4.20. The van der Waals surface area contributed by atoms with Gasteiger partial charge in [0.2, 0.25) is 19.7 Å². The first-order valence-corrected chi connectivity index (χ1v) is 12.7. The summed E-state index contributed by atoms with van der Waals surface area (Å²) in [7, 11) is -8.12. The van der Waals surface area contributed by atoms with Crippen LogP contribution in [0.15, 0.2) is 58.3 Å². The molecule has 172 valence electrons. The lowest BCUT2D eigenvalue weighted by Crippen LogP contribution is -2.52. The third-order valence-corrected chi connectivity index (χ3v) is 7.70. The lowest BCUT2D eigenvalue weighted by Gasteiger charge is -2.28. The fourth-order valence-electron chi connectivity index (χ4n) is 2.83. The summed E-state index contributed by atoms with van der Waals surface area (Å²) >= 11 is 17.7. The Labute approximate surface area is 198 Å². The molecule has 0 saturated heterocycles. The highest BCUT2D eigenvalue weighted by atomic mass is 35.6. The molecule has 0 saturated carbocycles. The van der Waals surface area contributed by atoms with E-state index in [-0.39, 0.29) is 21.0 Å². The molecule has 1 atom stereocenters. The molecule has 1 heterocycles. The zero-order valence-electron chi connectivity index (χ0n) is 15.8. The van der Waals surface area contributed by atoms with Gasteiger partial charge < -0.3 is 10.6 Å². The Bertz CT molecular complexity index is 1280. The van der Waals surface area contributed by atoms with Gasteiger partial charge >= 0.3 is 0 Å². The van der Waals surface area contributed by atoms with Crippen LogP contribution in [0.5, 0.6) is 0 Å². The number of nitrogens with one attached hydrogen (secondary N) is 2. The van der Waals surface area contributed by atoms with Gasteiger partial charge in [0.25, 0.3) is 15.9 Å². The Kier molecular flexibility index (Phi) is 6.67. The maximum Gasteiger partial charge on any atom is 0.269 e. The molecule has 3 rings (SSSR count). The topological polar surface area (TPSA) is 156 Å². The third-order valence-electron chi connectivity index (χ3n) is 4.33. The van der Waals surface area contributed by atoms with E-state index >= 15 is 0 Å². The summed E-state index contributed by atoms with van der Waals surface area (Å²) in [6, 6.07) is 10.6. The summed E-state index contributed by atoms with van der Waals surface area (Å²) in [6.45, 7) is -0.848. The summed E-state index contributed by atoms with van der Waals surface area (Å²) in [4.78, 5) is 24.6. The number of nitrogens with two attached hydrogens (primary N) is 1. The van der Waals surface area contributed by atoms with Crippen molar-refractivity contribution in [2.75, 3.05) is 11.9 Å². The SMILES string of the molecule is NS(=O)(=O)c1ccc(NC(NC(=O)CN2C(=O)c3ccccc3S2(=O)=O)C(Cl)(Cl)Cl)cc1. The summed E-state index contributed by atoms with van der Waals surface area (Å²) in [5.74, 6) is -1.78. The number of benzene rings is 2. The highest BCUT2D eigenvalue weighted by molar-refractivity contribution is 7.90. The van der Waals surface area contributed by atoms with Gasteiger partial charge in [-0.1, -0.05) is 46.9 Å². The molecule has 0 aromatic heterocycles. The van der Waals surface area contributed by atoms with Crippen LogP contribution in [-0.4, -0.2) is 49.5 Å². The van der Waals surface area contributed by atoms with Gasteiger partial charge in [0.1, 0.15) is 17.6 Å². The van der Waals surface area contributed by atoms with Gasteiger partial charge in [-0.25, -0.2) is 26.3 Å². The lowest BCUT2D eigenvalue weighted by atomic mass is 10.2. The molecule has 0 bridgehead atoms. The fourth-order valence-corrected chi connectivity index (χ4v) is 5.20.